The van der Waals surface area contributed by atoms with Crippen LogP contribution in [0.2, 0.25) is 0 Å². The van der Waals surface area contributed by atoms with Crippen molar-refractivity contribution in [3.8, 4) is 23.0 Å². The molecule has 3 fully saturated rings. The molecule has 0 aromatic heterocycles. The molecule has 0 aliphatic carbocycles. The standard InChI is InChI=1S/C17H22N2O5.C17H16N2O4/c1-24-10-13-3-2-6-18(13)19-16(22)8-12(17(19)23)7-11-4-5-14(20)9-15(11)21;20-14-7-6-11(15(21)10-14)8-12-9-16(22)19(17(12)23)18-13-4-2-1-3-5-13/h4-5,9,12-13,20-21H,2-3,6-8,10H2,1H3;1-7,10,12,18,20-21H,8-9H2. The van der Waals surface area contributed by atoms with Gasteiger partial charge in [-0.05, 0) is 61.1 Å². The Balaban J connectivity index is 0.000000185. The molecule has 248 valence electrons. The van der Waals surface area contributed by atoms with Gasteiger partial charge in [-0.15, -0.1) is 0 Å². The van der Waals surface area contributed by atoms with E-state index in [0.29, 0.717) is 30.0 Å². The molecule has 0 bridgehead atoms. The molecular weight excluding hydrogens is 608 g/mol. The van der Waals surface area contributed by atoms with Gasteiger partial charge >= 0.3 is 0 Å². The fraction of sp³-hybridized carbons (Fsp3) is 0.353. The molecular formula is C34H38N4O9. The lowest BCUT2D eigenvalue weighted by atomic mass is 9.97. The van der Waals surface area contributed by atoms with Gasteiger partial charge < -0.3 is 25.2 Å². The van der Waals surface area contributed by atoms with Crippen LogP contribution in [0, 0.1) is 11.8 Å². The van der Waals surface area contributed by atoms with Crippen LogP contribution in [-0.4, -0.2) is 85.4 Å². The molecule has 3 heterocycles. The number of nitrogens with zero attached hydrogens (tertiary/aromatic N) is 3. The number of carbonyl (C=O) groups excluding carboxylic acids is 4. The predicted molar refractivity (Wildman–Crippen MR) is 169 cm³/mol. The number of hydrazine groups is 2. The number of para-hydroxylation sites is 1. The van der Waals surface area contributed by atoms with E-state index in [2.05, 4.69) is 5.43 Å². The Kier molecular flexibility index (Phi) is 10.3. The summed E-state index contributed by atoms with van der Waals surface area (Å²) in [6.45, 7) is 1.16. The van der Waals surface area contributed by atoms with Gasteiger partial charge in [0.15, 0.2) is 0 Å². The lowest BCUT2D eigenvalue weighted by Gasteiger charge is -2.31. The van der Waals surface area contributed by atoms with Gasteiger partial charge in [0.2, 0.25) is 17.7 Å². The average Bonchev–Trinajstić information content (AvgIpc) is 3.68. The number of rotatable bonds is 9. The topological polar surface area (TPSA) is 180 Å². The number of imide groups is 2. The molecule has 0 radical (unpaired) electrons. The zero-order valence-electron chi connectivity index (χ0n) is 25.9. The lowest BCUT2D eigenvalue weighted by Crippen LogP contribution is -2.50. The number of phenolic OH excluding ortho intramolecular Hbond substituents is 4. The van der Waals surface area contributed by atoms with Gasteiger partial charge in [-0.25, -0.2) is 10.0 Å². The van der Waals surface area contributed by atoms with E-state index in [-0.39, 0.29) is 78.4 Å². The summed E-state index contributed by atoms with van der Waals surface area (Å²) < 4.78 is 5.19. The minimum absolute atomic E-state index is 0.0359. The fourth-order valence-electron chi connectivity index (χ4n) is 6.15. The number of hydrogen-bond acceptors (Lipinski definition) is 11. The first kappa shape index (κ1) is 33.2. The van der Waals surface area contributed by atoms with Crippen LogP contribution in [0.5, 0.6) is 23.0 Å². The highest BCUT2D eigenvalue weighted by atomic mass is 16.5. The quantitative estimate of drug-likeness (QED) is 0.216. The Morgan fingerprint density at radius 2 is 1.34 bits per heavy atom. The molecule has 0 saturated carbocycles. The third kappa shape index (κ3) is 7.64. The second-order valence-corrected chi connectivity index (χ2v) is 11.8. The number of anilines is 1. The van der Waals surface area contributed by atoms with Gasteiger partial charge in [0.1, 0.15) is 23.0 Å². The molecule has 13 nitrogen and oxygen atoms in total. The number of nitrogens with one attached hydrogen (secondary N) is 1. The van der Waals surface area contributed by atoms with Crippen molar-refractivity contribution >= 4 is 29.3 Å². The van der Waals surface area contributed by atoms with Crippen LogP contribution < -0.4 is 5.43 Å². The zero-order valence-corrected chi connectivity index (χ0v) is 25.9. The second-order valence-electron chi connectivity index (χ2n) is 11.8. The van der Waals surface area contributed by atoms with E-state index in [9.17, 15) is 39.6 Å². The van der Waals surface area contributed by atoms with Crippen molar-refractivity contribution in [3.05, 3.63) is 77.9 Å². The first-order chi connectivity index (χ1) is 22.5. The van der Waals surface area contributed by atoms with Crippen LogP contribution in [0.4, 0.5) is 5.69 Å². The Morgan fingerprint density at radius 1 is 0.766 bits per heavy atom. The average molecular weight is 647 g/mol. The van der Waals surface area contributed by atoms with Crippen LogP contribution in [0.15, 0.2) is 66.7 Å². The first-order valence-electron chi connectivity index (χ1n) is 15.4. The maximum Gasteiger partial charge on any atom is 0.252 e. The molecule has 47 heavy (non-hydrogen) atoms. The molecule has 3 saturated heterocycles. The van der Waals surface area contributed by atoms with Crippen LogP contribution in [0.1, 0.15) is 36.8 Å². The van der Waals surface area contributed by atoms with E-state index >= 15 is 0 Å². The molecule has 3 aliphatic rings. The number of hydrogen-bond donors (Lipinski definition) is 5. The normalized spacial score (nSPS) is 21.3. The molecule has 3 aliphatic heterocycles. The Labute approximate surface area is 271 Å². The summed E-state index contributed by atoms with van der Waals surface area (Å²) in [6, 6.07) is 17.5. The van der Waals surface area contributed by atoms with Gasteiger partial charge in [-0.3, -0.25) is 24.6 Å². The first-order valence-corrected chi connectivity index (χ1v) is 15.4. The van der Waals surface area contributed by atoms with Crippen molar-refractivity contribution < 1.29 is 44.3 Å². The zero-order chi connectivity index (χ0) is 33.7. The molecule has 3 aromatic rings. The van der Waals surface area contributed by atoms with Crippen LogP contribution in [-0.2, 0) is 36.8 Å². The highest BCUT2D eigenvalue weighted by Gasteiger charge is 2.45. The molecule has 13 heteroatoms. The third-order valence-corrected chi connectivity index (χ3v) is 8.50. The van der Waals surface area contributed by atoms with Crippen molar-refractivity contribution in [2.24, 2.45) is 11.8 Å². The molecule has 0 spiro atoms. The fourth-order valence-corrected chi connectivity index (χ4v) is 6.15. The maximum absolute atomic E-state index is 12.7. The van der Waals surface area contributed by atoms with Crippen molar-refractivity contribution in [2.45, 2.75) is 44.6 Å². The number of benzene rings is 3. The molecule has 3 unspecified atom stereocenters. The smallest absolute Gasteiger partial charge is 0.252 e. The number of amides is 4. The van der Waals surface area contributed by atoms with Gasteiger partial charge in [-0.2, -0.15) is 5.01 Å². The Hall–Kier alpha value is -5.14. The maximum atomic E-state index is 12.7. The van der Waals surface area contributed by atoms with E-state index in [1.807, 2.05) is 11.1 Å². The van der Waals surface area contributed by atoms with Gasteiger partial charge in [0.25, 0.3) is 5.91 Å². The molecule has 5 N–H and O–H groups in total. The summed E-state index contributed by atoms with van der Waals surface area (Å²) in [5, 5.41) is 42.5. The van der Waals surface area contributed by atoms with Crippen molar-refractivity contribution in [1.29, 1.82) is 0 Å². The van der Waals surface area contributed by atoms with Crippen molar-refractivity contribution in [3.63, 3.8) is 0 Å². The van der Waals surface area contributed by atoms with Crippen LogP contribution in [0.3, 0.4) is 0 Å². The number of carbonyl (C=O) groups is 4. The van der Waals surface area contributed by atoms with E-state index in [1.165, 1.54) is 29.3 Å². The highest BCUT2D eigenvalue weighted by Crippen LogP contribution is 2.33. The Bertz CT molecular complexity index is 1630. The number of ether oxygens (including phenoxy) is 1. The van der Waals surface area contributed by atoms with Crippen molar-refractivity contribution in [1.82, 2.24) is 15.0 Å². The summed E-state index contributed by atoms with van der Waals surface area (Å²) in [5.41, 5.74) is 4.54. The van der Waals surface area contributed by atoms with Crippen molar-refractivity contribution in [2.75, 3.05) is 25.7 Å². The van der Waals surface area contributed by atoms with E-state index < -0.39 is 11.8 Å². The van der Waals surface area contributed by atoms with E-state index in [4.69, 9.17) is 4.74 Å². The summed E-state index contributed by atoms with van der Waals surface area (Å²) in [6.07, 6.45) is 2.55. The lowest BCUT2D eigenvalue weighted by molar-refractivity contribution is -0.161. The predicted octanol–water partition coefficient (Wildman–Crippen LogP) is 3.08. The SMILES string of the molecule is COCC1CCCN1N1C(=O)CC(Cc2ccc(O)cc2O)C1=O.O=C1CC(Cc2ccc(O)cc2O)C(=O)N1Nc1ccccc1. The van der Waals surface area contributed by atoms with Gasteiger partial charge in [-0.1, -0.05) is 30.3 Å². The van der Waals surface area contributed by atoms with E-state index in [0.717, 1.165) is 17.9 Å². The minimum atomic E-state index is -0.533. The molecule has 4 amide bonds. The molecule has 6 rings (SSSR count). The second kappa shape index (κ2) is 14.5. The van der Waals surface area contributed by atoms with Crippen LogP contribution >= 0.6 is 0 Å². The monoisotopic (exact) mass is 646 g/mol. The van der Waals surface area contributed by atoms with Gasteiger partial charge in [0, 0.05) is 38.6 Å². The number of methoxy groups -OCH3 is 1. The highest BCUT2D eigenvalue weighted by molar-refractivity contribution is 6.05. The number of phenols is 4. The number of aromatic hydroxyl groups is 4. The molecule has 3 atom stereocenters. The minimum Gasteiger partial charge on any atom is -0.508 e. The summed E-state index contributed by atoms with van der Waals surface area (Å²) in [5.74, 6) is -2.31. The van der Waals surface area contributed by atoms with Gasteiger partial charge in [0.05, 0.1) is 30.2 Å². The largest absolute Gasteiger partial charge is 0.508 e. The van der Waals surface area contributed by atoms with Crippen LogP contribution in [0.25, 0.3) is 0 Å². The van der Waals surface area contributed by atoms with E-state index in [1.54, 1.807) is 43.5 Å². The summed E-state index contributed by atoms with van der Waals surface area (Å²) >= 11 is 0. The Morgan fingerprint density at radius 3 is 1.91 bits per heavy atom. The third-order valence-electron chi connectivity index (χ3n) is 8.50. The summed E-state index contributed by atoms with van der Waals surface area (Å²) in [7, 11) is 1.61. The summed E-state index contributed by atoms with van der Waals surface area (Å²) in [4.78, 5) is 49.6. The molecule has 3 aromatic carbocycles.